The van der Waals surface area contributed by atoms with Crippen molar-refractivity contribution in [2.45, 2.75) is 51.7 Å². The van der Waals surface area contributed by atoms with Gasteiger partial charge in [0.15, 0.2) is 0 Å². The van der Waals surface area contributed by atoms with Crippen LogP contribution < -0.4 is 5.32 Å². The molecule has 19 heavy (non-hydrogen) atoms. The third kappa shape index (κ3) is 4.02. The van der Waals surface area contributed by atoms with E-state index >= 15 is 0 Å². The van der Waals surface area contributed by atoms with Gasteiger partial charge < -0.3 is 10.4 Å². The van der Waals surface area contributed by atoms with Crippen LogP contribution in [0.2, 0.25) is 0 Å². The highest BCUT2D eigenvalue weighted by Gasteiger charge is 2.31. The number of benzene rings is 1. The second kappa shape index (κ2) is 6.02. The van der Waals surface area contributed by atoms with Crippen LogP contribution in [0.15, 0.2) is 18.2 Å². The fraction of sp³-hybridized carbons (Fsp3) is 0.625. The Morgan fingerprint density at radius 2 is 2.26 bits per heavy atom. The second-order valence-corrected chi connectivity index (χ2v) is 6.10. The smallest absolute Gasteiger partial charge is 0.123 e. The molecule has 3 heteroatoms. The normalized spacial score (nSPS) is 27.5. The van der Waals surface area contributed by atoms with Crippen LogP contribution in [0, 0.1) is 18.7 Å². The zero-order valence-electron chi connectivity index (χ0n) is 11.9. The van der Waals surface area contributed by atoms with Crippen molar-refractivity contribution in [1.29, 1.82) is 0 Å². The van der Waals surface area contributed by atoms with E-state index in [0.29, 0.717) is 19.0 Å². The molecule has 2 nitrogen and oxygen atoms in total. The van der Waals surface area contributed by atoms with Crippen LogP contribution in [0.5, 0.6) is 0 Å². The molecule has 2 unspecified atom stereocenters. The Hall–Kier alpha value is -0.930. The lowest BCUT2D eigenvalue weighted by Crippen LogP contribution is -2.43. The van der Waals surface area contributed by atoms with Crippen LogP contribution in [0.4, 0.5) is 4.39 Å². The van der Waals surface area contributed by atoms with Crippen molar-refractivity contribution in [2.75, 3.05) is 6.54 Å². The van der Waals surface area contributed by atoms with E-state index in [-0.39, 0.29) is 5.82 Å². The first-order chi connectivity index (χ1) is 8.98. The molecule has 2 atom stereocenters. The molecule has 1 aliphatic carbocycles. The van der Waals surface area contributed by atoms with Crippen LogP contribution in [0.1, 0.15) is 43.7 Å². The minimum Gasteiger partial charge on any atom is -0.389 e. The van der Waals surface area contributed by atoms with Gasteiger partial charge in [0.2, 0.25) is 0 Å². The highest BCUT2D eigenvalue weighted by Crippen LogP contribution is 2.31. The highest BCUT2D eigenvalue weighted by molar-refractivity contribution is 5.26. The summed E-state index contributed by atoms with van der Waals surface area (Å²) < 4.78 is 13.0. The molecular weight excluding hydrogens is 241 g/mol. The number of hydrogen-bond donors (Lipinski definition) is 2. The molecule has 2 rings (SSSR count). The summed E-state index contributed by atoms with van der Waals surface area (Å²) in [6, 6.07) is 4.85. The summed E-state index contributed by atoms with van der Waals surface area (Å²) in [6.07, 6.45) is 4.09. The van der Waals surface area contributed by atoms with Gasteiger partial charge in [0, 0.05) is 13.1 Å². The van der Waals surface area contributed by atoms with Crippen molar-refractivity contribution in [3.8, 4) is 0 Å². The maximum atomic E-state index is 13.0. The number of nitrogens with one attached hydrogen (secondary N) is 1. The quantitative estimate of drug-likeness (QED) is 0.876. The summed E-state index contributed by atoms with van der Waals surface area (Å²) in [7, 11) is 0. The van der Waals surface area contributed by atoms with Crippen molar-refractivity contribution in [3.05, 3.63) is 35.1 Å². The third-order valence-electron chi connectivity index (χ3n) is 4.14. The first-order valence-electron chi connectivity index (χ1n) is 7.17. The van der Waals surface area contributed by atoms with E-state index in [1.165, 1.54) is 12.5 Å². The fourth-order valence-electron chi connectivity index (χ4n) is 3.08. The Morgan fingerprint density at radius 1 is 1.47 bits per heavy atom. The lowest BCUT2D eigenvalue weighted by atomic mass is 9.79. The molecule has 1 fully saturated rings. The highest BCUT2D eigenvalue weighted by atomic mass is 19.1. The molecule has 0 saturated heterocycles. The van der Waals surface area contributed by atoms with Crippen molar-refractivity contribution < 1.29 is 9.50 Å². The number of aliphatic hydroxyl groups is 1. The van der Waals surface area contributed by atoms with Gasteiger partial charge in [-0.05, 0) is 48.9 Å². The lowest BCUT2D eigenvalue weighted by Gasteiger charge is -2.35. The van der Waals surface area contributed by atoms with Gasteiger partial charge >= 0.3 is 0 Å². The van der Waals surface area contributed by atoms with Gasteiger partial charge in [-0.25, -0.2) is 4.39 Å². The van der Waals surface area contributed by atoms with Crippen molar-refractivity contribution in [2.24, 2.45) is 5.92 Å². The molecule has 0 heterocycles. The van der Waals surface area contributed by atoms with Gasteiger partial charge in [-0.3, -0.25) is 0 Å². The average Bonchev–Trinajstić information content (AvgIpc) is 2.31. The molecule has 1 aromatic carbocycles. The molecular formula is C16H24FNO. The standard InChI is InChI=1S/C16H24FNO/c1-12-4-3-7-16(19,9-12)11-18-10-14-5-6-15(17)8-13(14)2/h5-6,8,12,18-19H,3-4,7,9-11H2,1-2H3. The molecule has 2 N–H and O–H groups in total. The van der Waals surface area contributed by atoms with Gasteiger partial charge in [-0.2, -0.15) is 0 Å². The number of halogens is 1. The minimum absolute atomic E-state index is 0.194. The van der Waals surface area contributed by atoms with Crippen molar-refractivity contribution in [1.82, 2.24) is 5.32 Å². The molecule has 1 aromatic rings. The second-order valence-electron chi connectivity index (χ2n) is 6.10. The van der Waals surface area contributed by atoms with Crippen LogP contribution in [0.3, 0.4) is 0 Å². The Labute approximate surface area is 115 Å². The summed E-state index contributed by atoms with van der Waals surface area (Å²) in [5, 5.41) is 13.8. The largest absolute Gasteiger partial charge is 0.389 e. The van der Waals surface area contributed by atoms with Crippen LogP contribution in [0.25, 0.3) is 0 Å². The Balaban J connectivity index is 1.85. The first-order valence-corrected chi connectivity index (χ1v) is 7.17. The predicted octanol–water partition coefficient (Wildman–Crippen LogP) is 3.16. The van der Waals surface area contributed by atoms with E-state index in [2.05, 4.69) is 12.2 Å². The molecule has 0 aliphatic heterocycles. The number of aryl methyl sites for hydroxylation is 1. The number of rotatable bonds is 4. The van der Waals surface area contributed by atoms with Gasteiger partial charge in [-0.15, -0.1) is 0 Å². The zero-order chi connectivity index (χ0) is 13.9. The first kappa shape index (κ1) is 14.5. The SMILES string of the molecule is Cc1cc(F)ccc1CNCC1(O)CCCC(C)C1. The number of hydrogen-bond acceptors (Lipinski definition) is 2. The summed E-state index contributed by atoms with van der Waals surface area (Å²) in [5.41, 5.74) is 1.48. The zero-order valence-corrected chi connectivity index (χ0v) is 11.9. The molecule has 1 saturated carbocycles. The molecule has 0 radical (unpaired) electrons. The van der Waals surface area contributed by atoms with Gasteiger partial charge in [-0.1, -0.05) is 25.8 Å². The van der Waals surface area contributed by atoms with Gasteiger partial charge in [0.05, 0.1) is 5.60 Å². The van der Waals surface area contributed by atoms with E-state index in [1.807, 2.05) is 13.0 Å². The molecule has 0 amide bonds. The summed E-state index contributed by atoms with van der Waals surface area (Å²) in [6.45, 7) is 5.42. The monoisotopic (exact) mass is 265 g/mol. The molecule has 0 aromatic heterocycles. The predicted molar refractivity (Wildman–Crippen MR) is 75.4 cm³/mol. The van der Waals surface area contributed by atoms with Crippen molar-refractivity contribution >= 4 is 0 Å². The van der Waals surface area contributed by atoms with E-state index in [9.17, 15) is 9.50 Å². The van der Waals surface area contributed by atoms with Crippen LogP contribution in [-0.4, -0.2) is 17.3 Å². The molecule has 106 valence electrons. The third-order valence-corrected chi connectivity index (χ3v) is 4.14. The summed E-state index contributed by atoms with van der Waals surface area (Å²) >= 11 is 0. The topological polar surface area (TPSA) is 32.3 Å². The lowest BCUT2D eigenvalue weighted by molar-refractivity contribution is -0.0119. The molecule has 0 bridgehead atoms. The molecule has 1 aliphatic rings. The maximum absolute atomic E-state index is 13.0. The molecule has 0 spiro atoms. The van der Waals surface area contributed by atoms with Gasteiger partial charge in [0.1, 0.15) is 5.82 Å². The Kier molecular flexibility index (Phi) is 4.58. The van der Waals surface area contributed by atoms with Crippen LogP contribution >= 0.6 is 0 Å². The summed E-state index contributed by atoms with van der Waals surface area (Å²) in [5.74, 6) is 0.411. The van der Waals surface area contributed by atoms with E-state index in [0.717, 1.165) is 30.4 Å². The van der Waals surface area contributed by atoms with Crippen LogP contribution in [-0.2, 0) is 6.54 Å². The minimum atomic E-state index is -0.564. The van der Waals surface area contributed by atoms with Crippen molar-refractivity contribution in [3.63, 3.8) is 0 Å². The Bertz CT molecular complexity index is 435. The Morgan fingerprint density at radius 3 is 2.95 bits per heavy atom. The summed E-state index contributed by atoms with van der Waals surface area (Å²) in [4.78, 5) is 0. The van der Waals surface area contributed by atoms with E-state index in [4.69, 9.17) is 0 Å². The van der Waals surface area contributed by atoms with E-state index < -0.39 is 5.60 Å². The van der Waals surface area contributed by atoms with E-state index in [1.54, 1.807) is 6.07 Å². The average molecular weight is 265 g/mol. The fourth-order valence-corrected chi connectivity index (χ4v) is 3.08. The maximum Gasteiger partial charge on any atom is 0.123 e. The van der Waals surface area contributed by atoms with Gasteiger partial charge in [0.25, 0.3) is 0 Å².